The average Bonchev–Trinajstić information content (AvgIpc) is 3.25. The standard InChI is InChI=1S/C26H25Cl2N3O4/c1-16-6-9-19(10-7-16)31-14-18(13-24(31)32)26(33)30-29-22-4-3-5-23(34-2)25(22)35-15-17-8-11-20(27)21(28)12-17/h3-12,18,29H,13-15H2,1-2H3,(H,30,33)/t18-/m1/s1. The Balaban J connectivity index is 1.41. The molecule has 7 nitrogen and oxygen atoms in total. The lowest BCUT2D eigenvalue weighted by Gasteiger charge is -2.19. The molecule has 3 aromatic rings. The zero-order chi connectivity index (χ0) is 24.9. The Morgan fingerprint density at radius 3 is 2.57 bits per heavy atom. The van der Waals surface area contributed by atoms with Crippen LogP contribution >= 0.6 is 23.2 Å². The van der Waals surface area contributed by atoms with Gasteiger partial charge in [0.05, 0.1) is 28.8 Å². The Hall–Kier alpha value is -3.42. The number of amides is 2. The summed E-state index contributed by atoms with van der Waals surface area (Å²) < 4.78 is 11.4. The fourth-order valence-electron chi connectivity index (χ4n) is 3.80. The first kappa shape index (κ1) is 24.7. The SMILES string of the molecule is COc1cccc(NNC(=O)[C@@H]2CC(=O)N(c3ccc(C)cc3)C2)c1OCc1ccc(Cl)c(Cl)c1. The largest absolute Gasteiger partial charge is 0.493 e. The van der Waals surface area contributed by atoms with Gasteiger partial charge in [-0.25, -0.2) is 0 Å². The molecule has 0 unspecified atom stereocenters. The van der Waals surface area contributed by atoms with Gasteiger partial charge in [-0.05, 0) is 48.9 Å². The van der Waals surface area contributed by atoms with Gasteiger partial charge in [-0.2, -0.15) is 0 Å². The van der Waals surface area contributed by atoms with Crippen molar-refractivity contribution in [3.05, 3.63) is 81.8 Å². The van der Waals surface area contributed by atoms with E-state index in [1.165, 1.54) is 7.11 Å². The maximum atomic E-state index is 12.9. The summed E-state index contributed by atoms with van der Waals surface area (Å²) in [5, 5.41) is 0.897. The summed E-state index contributed by atoms with van der Waals surface area (Å²) in [6, 6.07) is 18.2. The van der Waals surface area contributed by atoms with Gasteiger partial charge in [0.2, 0.25) is 11.8 Å². The van der Waals surface area contributed by atoms with Crippen molar-refractivity contribution in [3.8, 4) is 11.5 Å². The predicted molar refractivity (Wildman–Crippen MR) is 137 cm³/mol. The van der Waals surface area contributed by atoms with E-state index in [2.05, 4.69) is 10.9 Å². The van der Waals surface area contributed by atoms with Crippen LogP contribution in [0.25, 0.3) is 0 Å². The number of anilines is 2. The summed E-state index contributed by atoms with van der Waals surface area (Å²) >= 11 is 12.1. The van der Waals surface area contributed by atoms with Crippen LogP contribution in [-0.2, 0) is 16.2 Å². The summed E-state index contributed by atoms with van der Waals surface area (Å²) in [6.07, 6.45) is 0.139. The Morgan fingerprint density at radius 1 is 1.09 bits per heavy atom. The second-order valence-corrected chi connectivity index (χ2v) is 9.04. The molecule has 1 saturated heterocycles. The van der Waals surface area contributed by atoms with E-state index in [1.54, 1.807) is 35.2 Å². The molecule has 1 aliphatic heterocycles. The van der Waals surface area contributed by atoms with Crippen LogP contribution in [0.3, 0.4) is 0 Å². The highest BCUT2D eigenvalue weighted by atomic mass is 35.5. The number of para-hydroxylation sites is 1. The van der Waals surface area contributed by atoms with Crippen molar-refractivity contribution in [1.82, 2.24) is 5.43 Å². The highest BCUT2D eigenvalue weighted by Gasteiger charge is 2.35. The quantitative estimate of drug-likeness (QED) is 0.395. The van der Waals surface area contributed by atoms with Gasteiger partial charge >= 0.3 is 0 Å². The van der Waals surface area contributed by atoms with Crippen molar-refractivity contribution >= 4 is 46.4 Å². The van der Waals surface area contributed by atoms with Gasteiger partial charge in [0.25, 0.3) is 0 Å². The van der Waals surface area contributed by atoms with Crippen LogP contribution < -0.4 is 25.2 Å². The van der Waals surface area contributed by atoms with Gasteiger partial charge in [0, 0.05) is 18.7 Å². The second kappa shape index (κ2) is 10.9. The van der Waals surface area contributed by atoms with E-state index in [-0.39, 0.29) is 24.8 Å². The highest BCUT2D eigenvalue weighted by molar-refractivity contribution is 6.42. The van der Waals surface area contributed by atoms with Crippen LogP contribution in [0.5, 0.6) is 11.5 Å². The minimum atomic E-state index is -0.484. The van der Waals surface area contributed by atoms with Crippen LogP contribution in [-0.4, -0.2) is 25.5 Å². The molecule has 0 spiro atoms. The minimum absolute atomic E-state index is 0.0824. The number of aryl methyl sites for hydroxylation is 1. The molecule has 1 heterocycles. The van der Waals surface area contributed by atoms with Crippen molar-refractivity contribution < 1.29 is 19.1 Å². The number of carbonyl (C=O) groups excluding carboxylic acids is 2. The summed E-state index contributed by atoms with van der Waals surface area (Å²) in [5.74, 6) is 0.0609. The molecule has 2 N–H and O–H groups in total. The molecule has 0 aliphatic carbocycles. The van der Waals surface area contributed by atoms with Crippen LogP contribution in [0.2, 0.25) is 10.0 Å². The van der Waals surface area contributed by atoms with Gasteiger partial charge < -0.3 is 14.4 Å². The van der Waals surface area contributed by atoms with E-state index in [0.29, 0.717) is 33.8 Å². The first-order valence-electron chi connectivity index (χ1n) is 11.0. The Kier molecular flexibility index (Phi) is 7.68. The van der Waals surface area contributed by atoms with Gasteiger partial charge in [-0.15, -0.1) is 0 Å². The molecule has 4 rings (SSSR count). The molecule has 35 heavy (non-hydrogen) atoms. The number of benzene rings is 3. The van der Waals surface area contributed by atoms with E-state index < -0.39 is 5.92 Å². The zero-order valence-electron chi connectivity index (χ0n) is 19.3. The second-order valence-electron chi connectivity index (χ2n) is 8.23. The maximum absolute atomic E-state index is 12.9. The minimum Gasteiger partial charge on any atom is -0.493 e. The van der Waals surface area contributed by atoms with E-state index in [1.807, 2.05) is 37.3 Å². The molecule has 0 aromatic heterocycles. The predicted octanol–water partition coefficient (Wildman–Crippen LogP) is 5.39. The first-order chi connectivity index (χ1) is 16.9. The number of hydrogen-bond donors (Lipinski definition) is 2. The topological polar surface area (TPSA) is 79.9 Å². The molecule has 2 amide bonds. The normalized spacial score (nSPS) is 15.1. The number of hydrogen-bond acceptors (Lipinski definition) is 5. The molecule has 0 saturated carbocycles. The van der Waals surface area contributed by atoms with E-state index >= 15 is 0 Å². The Morgan fingerprint density at radius 2 is 1.86 bits per heavy atom. The molecule has 1 fully saturated rings. The third-order valence-corrected chi connectivity index (χ3v) is 6.47. The van der Waals surface area contributed by atoms with E-state index in [0.717, 1.165) is 16.8 Å². The third kappa shape index (κ3) is 5.81. The number of nitrogens with zero attached hydrogens (tertiary/aromatic N) is 1. The van der Waals surface area contributed by atoms with Gasteiger partial charge in [-0.3, -0.25) is 20.4 Å². The maximum Gasteiger partial charge on any atom is 0.243 e. The van der Waals surface area contributed by atoms with Gasteiger partial charge in [0.1, 0.15) is 6.61 Å². The van der Waals surface area contributed by atoms with Crippen LogP contribution in [0.15, 0.2) is 60.7 Å². The number of rotatable bonds is 8. The van der Waals surface area contributed by atoms with E-state index in [9.17, 15) is 9.59 Å². The van der Waals surface area contributed by atoms with Crippen molar-refractivity contribution in [2.75, 3.05) is 24.0 Å². The molecule has 182 valence electrons. The molecule has 0 bridgehead atoms. The Bertz CT molecular complexity index is 1230. The summed E-state index contributed by atoms with van der Waals surface area (Å²) in [6.45, 7) is 2.51. The monoisotopic (exact) mass is 513 g/mol. The third-order valence-electron chi connectivity index (χ3n) is 5.73. The lowest BCUT2D eigenvalue weighted by molar-refractivity contribution is -0.125. The summed E-state index contributed by atoms with van der Waals surface area (Å²) in [7, 11) is 1.54. The Labute approximate surface area is 213 Å². The smallest absolute Gasteiger partial charge is 0.243 e. The fraction of sp³-hybridized carbons (Fsp3) is 0.231. The average molecular weight is 514 g/mol. The van der Waals surface area contributed by atoms with Crippen LogP contribution in [0.1, 0.15) is 17.5 Å². The lowest BCUT2D eigenvalue weighted by atomic mass is 10.1. The number of hydrazine groups is 1. The number of carbonyl (C=O) groups is 2. The number of ether oxygens (including phenoxy) is 2. The fourth-order valence-corrected chi connectivity index (χ4v) is 4.12. The van der Waals surface area contributed by atoms with Crippen LogP contribution in [0.4, 0.5) is 11.4 Å². The van der Waals surface area contributed by atoms with Crippen LogP contribution in [0, 0.1) is 12.8 Å². The van der Waals surface area contributed by atoms with Crippen molar-refractivity contribution in [3.63, 3.8) is 0 Å². The van der Waals surface area contributed by atoms with Gasteiger partial charge in [0.15, 0.2) is 11.5 Å². The van der Waals surface area contributed by atoms with E-state index in [4.69, 9.17) is 32.7 Å². The molecular weight excluding hydrogens is 489 g/mol. The molecule has 1 atom stereocenters. The number of methoxy groups -OCH3 is 1. The number of halogens is 2. The molecule has 1 aliphatic rings. The van der Waals surface area contributed by atoms with Crippen molar-refractivity contribution in [2.24, 2.45) is 5.92 Å². The van der Waals surface area contributed by atoms with Gasteiger partial charge in [-0.1, -0.05) is 53.0 Å². The molecule has 0 radical (unpaired) electrons. The van der Waals surface area contributed by atoms with Crippen molar-refractivity contribution in [1.29, 1.82) is 0 Å². The highest BCUT2D eigenvalue weighted by Crippen LogP contribution is 2.36. The molecule has 9 heteroatoms. The zero-order valence-corrected chi connectivity index (χ0v) is 20.8. The summed E-state index contributed by atoms with van der Waals surface area (Å²) in [5.41, 5.74) is 8.85. The molecular formula is C26H25Cl2N3O4. The van der Waals surface area contributed by atoms with Crippen molar-refractivity contribution in [2.45, 2.75) is 20.0 Å². The lowest BCUT2D eigenvalue weighted by Crippen LogP contribution is -2.36. The summed E-state index contributed by atoms with van der Waals surface area (Å²) in [4.78, 5) is 27.0. The number of nitrogens with one attached hydrogen (secondary N) is 2. The molecule has 3 aromatic carbocycles. The first-order valence-corrected chi connectivity index (χ1v) is 11.8.